The second kappa shape index (κ2) is 9.50. The van der Waals surface area contributed by atoms with E-state index >= 15 is 0 Å². The van der Waals surface area contributed by atoms with E-state index in [1.54, 1.807) is 7.11 Å². The number of likely N-dealkylation sites (tertiary alicyclic amines) is 1. The monoisotopic (exact) mass is 328 g/mol. The fraction of sp³-hybridized carbons (Fsp3) is 0.812. The fourth-order valence-corrected chi connectivity index (χ4v) is 3.24. The Morgan fingerprint density at radius 1 is 1.13 bits per heavy atom. The van der Waals surface area contributed by atoms with Gasteiger partial charge in [0, 0.05) is 40.0 Å². The summed E-state index contributed by atoms with van der Waals surface area (Å²) in [7, 11) is 1.65. The van der Waals surface area contributed by atoms with E-state index in [9.17, 15) is 9.59 Å². The van der Waals surface area contributed by atoms with Crippen molar-refractivity contribution in [3.63, 3.8) is 0 Å². The molecule has 0 unspecified atom stereocenters. The van der Waals surface area contributed by atoms with Crippen molar-refractivity contribution in [2.45, 2.75) is 58.1 Å². The van der Waals surface area contributed by atoms with Gasteiger partial charge in [0.25, 0.3) is 5.97 Å². The number of ether oxygens (including phenoxy) is 1. The topological polar surface area (TPSA) is 95.9 Å². The molecule has 3 atom stereocenters. The third-order valence-corrected chi connectivity index (χ3v) is 4.25. The summed E-state index contributed by atoms with van der Waals surface area (Å²) < 4.78 is 5.46. The van der Waals surface area contributed by atoms with E-state index in [4.69, 9.17) is 14.6 Å². The minimum Gasteiger partial charge on any atom is -0.481 e. The molecule has 2 N–H and O–H groups in total. The lowest BCUT2D eigenvalue weighted by Crippen LogP contribution is -2.49. The van der Waals surface area contributed by atoms with Crippen LogP contribution in [0.3, 0.4) is 0 Å². The Kier molecular flexibility index (Phi) is 8.02. The molecule has 2 aliphatic rings. The van der Waals surface area contributed by atoms with E-state index in [0.29, 0.717) is 0 Å². The van der Waals surface area contributed by atoms with Crippen molar-refractivity contribution in [2.75, 3.05) is 20.2 Å². The summed E-state index contributed by atoms with van der Waals surface area (Å²) in [4.78, 5) is 34.5. The first kappa shape index (κ1) is 19.4. The Morgan fingerprint density at radius 2 is 1.70 bits per heavy atom. The maximum atomic E-state index is 12.4. The predicted molar refractivity (Wildman–Crippen MR) is 84.9 cm³/mol. The van der Waals surface area contributed by atoms with Crippen LogP contribution in [0.4, 0.5) is 0 Å². The largest absolute Gasteiger partial charge is 0.481 e. The van der Waals surface area contributed by atoms with Crippen molar-refractivity contribution in [3.8, 4) is 0 Å². The summed E-state index contributed by atoms with van der Waals surface area (Å²) in [6.45, 7) is 4.42. The molecule has 0 aromatic heterocycles. The highest BCUT2D eigenvalue weighted by atomic mass is 16.5. The average Bonchev–Trinajstić information content (AvgIpc) is 3.00. The van der Waals surface area contributed by atoms with Crippen LogP contribution in [0.15, 0.2) is 0 Å². The quantitative estimate of drug-likeness (QED) is 0.806. The van der Waals surface area contributed by atoms with E-state index in [1.165, 1.54) is 6.92 Å². The number of nitrogens with zero attached hydrogens (tertiary/aromatic N) is 1. The van der Waals surface area contributed by atoms with Gasteiger partial charge in [0.15, 0.2) is 0 Å². The molecule has 1 heterocycles. The molecule has 0 aromatic carbocycles. The predicted octanol–water partition coefficient (Wildman–Crippen LogP) is 1.02. The molecule has 0 spiro atoms. The van der Waals surface area contributed by atoms with Gasteiger partial charge in [0.05, 0.1) is 12.1 Å². The van der Waals surface area contributed by atoms with Gasteiger partial charge in [0.2, 0.25) is 11.8 Å². The van der Waals surface area contributed by atoms with E-state index in [-0.39, 0.29) is 29.9 Å². The number of carbonyl (C=O) groups excluding carboxylic acids is 2. The number of amides is 2. The number of rotatable bonds is 3. The molecule has 23 heavy (non-hydrogen) atoms. The molecular formula is C16H28N2O5. The average molecular weight is 328 g/mol. The van der Waals surface area contributed by atoms with Crippen LogP contribution in [0.25, 0.3) is 0 Å². The van der Waals surface area contributed by atoms with Gasteiger partial charge in [-0.15, -0.1) is 0 Å². The molecule has 0 radical (unpaired) electrons. The first-order valence-corrected chi connectivity index (χ1v) is 8.13. The molecule has 0 aromatic rings. The van der Waals surface area contributed by atoms with E-state index in [0.717, 1.165) is 52.1 Å². The van der Waals surface area contributed by atoms with Crippen molar-refractivity contribution in [3.05, 3.63) is 0 Å². The fourth-order valence-electron chi connectivity index (χ4n) is 3.24. The molecule has 7 nitrogen and oxygen atoms in total. The lowest BCUT2D eigenvalue weighted by Gasteiger charge is -2.36. The summed E-state index contributed by atoms with van der Waals surface area (Å²) in [5.41, 5.74) is 0. The van der Waals surface area contributed by atoms with Gasteiger partial charge >= 0.3 is 0 Å². The number of nitrogens with one attached hydrogen (secondary N) is 1. The highest BCUT2D eigenvalue weighted by Gasteiger charge is 2.36. The number of aliphatic carboxylic acids is 1. The highest BCUT2D eigenvalue weighted by molar-refractivity contribution is 5.79. The number of carboxylic acids is 1. The van der Waals surface area contributed by atoms with Gasteiger partial charge in [-0.3, -0.25) is 14.4 Å². The Labute approximate surface area is 137 Å². The van der Waals surface area contributed by atoms with E-state index in [1.807, 2.05) is 4.90 Å². The molecule has 1 aliphatic carbocycles. The van der Waals surface area contributed by atoms with Gasteiger partial charge in [-0.25, -0.2) is 0 Å². The molecular weight excluding hydrogens is 300 g/mol. The first-order chi connectivity index (χ1) is 10.8. The Bertz CT molecular complexity index is 417. The van der Waals surface area contributed by atoms with Crippen molar-refractivity contribution in [2.24, 2.45) is 5.92 Å². The molecule has 0 bridgehead atoms. The maximum Gasteiger partial charge on any atom is 0.300 e. The van der Waals surface area contributed by atoms with Gasteiger partial charge in [-0.1, -0.05) is 0 Å². The molecule has 7 heteroatoms. The number of carboxylic acid groups (broad SMARTS) is 1. The third kappa shape index (κ3) is 6.56. The standard InChI is InChI=1S/C14H24N2O3.C2H4O2/c1-10(17)15-12-6-5-11(9-13(12)19-2)14(18)16-7-3-4-8-16;1-2(3)4/h11-13H,3-9H2,1-2H3,(H,15,17);1H3,(H,3,4)/t11-,12+,13+;/m0./s1. The maximum absolute atomic E-state index is 12.4. The Hall–Kier alpha value is -1.63. The summed E-state index contributed by atoms with van der Waals surface area (Å²) in [5.74, 6) is -0.523. The van der Waals surface area contributed by atoms with Crippen LogP contribution in [0, 0.1) is 5.92 Å². The van der Waals surface area contributed by atoms with Gasteiger partial charge in [-0.2, -0.15) is 0 Å². The number of methoxy groups -OCH3 is 1. The van der Waals surface area contributed by atoms with Crippen molar-refractivity contribution < 1.29 is 24.2 Å². The van der Waals surface area contributed by atoms with E-state index in [2.05, 4.69) is 5.32 Å². The van der Waals surface area contributed by atoms with Crippen LogP contribution in [-0.4, -0.2) is 60.1 Å². The molecule has 1 saturated carbocycles. The Morgan fingerprint density at radius 3 is 2.17 bits per heavy atom. The first-order valence-electron chi connectivity index (χ1n) is 8.13. The number of hydrogen-bond donors (Lipinski definition) is 2. The molecule has 132 valence electrons. The minimum absolute atomic E-state index is 0.0311. The van der Waals surface area contributed by atoms with Crippen LogP contribution in [0.1, 0.15) is 46.0 Å². The van der Waals surface area contributed by atoms with Crippen LogP contribution in [-0.2, 0) is 19.1 Å². The van der Waals surface area contributed by atoms with Crippen LogP contribution >= 0.6 is 0 Å². The second-order valence-electron chi connectivity index (χ2n) is 6.14. The molecule has 2 rings (SSSR count). The summed E-state index contributed by atoms with van der Waals surface area (Å²) in [6, 6.07) is 0.0464. The highest BCUT2D eigenvalue weighted by Crippen LogP contribution is 2.29. The van der Waals surface area contributed by atoms with Crippen molar-refractivity contribution in [1.29, 1.82) is 0 Å². The van der Waals surface area contributed by atoms with Crippen LogP contribution in [0.2, 0.25) is 0 Å². The zero-order valence-corrected chi connectivity index (χ0v) is 14.2. The minimum atomic E-state index is -0.833. The molecule has 2 amide bonds. The lowest BCUT2D eigenvalue weighted by molar-refractivity contribution is -0.138. The third-order valence-electron chi connectivity index (χ3n) is 4.25. The SMILES string of the molecule is CC(=O)O.CO[C@@H]1C[C@@H](C(=O)N2CCCC2)CC[C@H]1NC(C)=O. The number of hydrogen-bond acceptors (Lipinski definition) is 4. The van der Waals surface area contributed by atoms with E-state index < -0.39 is 5.97 Å². The summed E-state index contributed by atoms with van der Waals surface area (Å²) in [6.07, 6.45) is 4.59. The van der Waals surface area contributed by atoms with Crippen molar-refractivity contribution in [1.82, 2.24) is 10.2 Å². The normalized spacial score (nSPS) is 26.9. The molecule has 2 fully saturated rings. The van der Waals surface area contributed by atoms with Crippen LogP contribution < -0.4 is 5.32 Å². The zero-order valence-electron chi connectivity index (χ0n) is 14.2. The zero-order chi connectivity index (χ0) is 17.4. The second-order valence-corrected chi connectivity index (χ2v) is 6.14. The van der Waals surface area contributed by atoms with Crippen LogP contribution in [0.5, 0.6) is 0 Å². The van der Waals surface area contributed by atoms with Gasteiger partial charge < -0.3 is 20.1 Å². The lowest BCUT2D eigenvalue weighted by atomic mass is 9.83. The summed E-state index contributed by atoms with van der Waals surface area (Å²) >= 11 is 0. The molecule has 1 aliphatic heterocycles. The van der Waals surface area contributed by atoms with Gasteiger partial charge in [-0.05, 0) is 32.1 Å². The molecule has 1 saturated heterocycles. The number of carbonyl (C=O) groups is 3. The smallest absolute Gasteiger partial charge is 0.300 e. The summed E-state index contributed by atoms with van der Waals surface area (Å²) in [5, 5.41) is 10.3. The van der Waals surface area contributed by atoms with Gasteiger partial charge in [0.1, 0.15) is 0 Å². The Balaban J connectivity index is 0.000000593. The van der Waals surface area contributed by atoms with Crippen molar-refractivity contribution >= 4 is 17.8 Å².